The molecule has 2 aromatic carbocycles. The summed E-state index contributed by atoms with van der Waals surface area (Å²) < 4.78 is 42.5. The van der Waals surface area contributed by atoms with E-state index in [0.717, 1.165) is 32.3 Å². The van der Waals surface area contributed by atoms with Crippen molar-refractivity contribution in [1.29, 1.82) is 0 Å². The summed E-state index contributed by atoms with van der Waals surface area (Å²) in [7, 11) is 0. The topological polar surface area (TPSA) is 30.7 Å². The maximum atomic E-state index is 12.8. The quantitative estimate of drug-likeness (QED) is 0.445. The van der Waals surface area contributed by atoms with Crippen LogP contribution in [0.25, 0.3) is 21.3 Å². The number of nitrogens with zero attached hydrogens (tertiary/aromatic N) is 3. The zero-order valence-electron chi connectivity index (χ0n) is 13.0. The molecule has 0 spiro atoms. The first-order valence-corrected chi connectivity index (χ1v) is 9.44. The van der Waals surface area contributed by atoms with Gasteiger partial charge >= 0.3 is 6.18 Å². The number of rotatable bonds is 3. The Bertz CT molecular complexity index is 1070. The molecule has 0 fully saturated rings. The first-order chi connectivity index (χ1) is 12.0. The SMILES string of the molecule is CSc1nc2c(Cn3cnc4cc(C(F)(F)F)ccc43)cccc2s1. The number of aromatic nitrogens is 3. The average molecular weight is 379 g/mol. The second kappa shape index (κ2) is 6.03. The summed E-state index contributed by atoms with van der Waals surface area (Å²) in [5, 5.41) is 0. The maximum Gasteiger partial charge on any atom is 0.416 e. The molecule has 25 heavy (non-hydrogen) atoms. The van der Waals surface area contributed by atoms with E-state index in [9.17, 15) is 13.2 Å². The van der Waals surface area contributed by atoms with Gasteiger partial charge in [-0.05, 0) is 36.1 Å². The average Bonchev–Trinajstić information content (AvgIpc) is 3.18. The van der Waals surface area contributed by atoms with Crippen LogP contribution in [-0.2, 0) is 12.7 Å². The first-order valence-electron chi connectivity index (χ1n) is 7.40. The number of halogens is 3. The van der Waals surface area contributed by atoms with Gasteiger partial charge < -0.3 is 4.57 Å². The van der Waals surface area contributed by atoms with Crippen molar-refractivity contribution in [2.75, 3.05) is 6.26 Å². The molecule has 0 aliphatic carbocycles. The van der Waals surface area contributed by atoms with E-state index in [1.54, 1.807) is 29.4 Å². The predicted octanol–water partition coefficient (Wildman–Crippen LogP) is 5.44. The summed E-state index contributed by atoms with van der Waals surface area (Å²) >= 11 is 3.23. The Morgan fingerprint density at radius 3 is 2.80 bits per heavy atom. The van der Waals surface area contributed by atoms with Gasteiger partial charge in [-0.2, -0.15) is 13.2 Å². The Morgan fingerprint density at radius 1 is 1.20 bits per heavy atom. The zero-order chi connectivity index (χ0) is 17.6. The van der Waals surface area contributed by atoms with Crippen molar-refractivity contribution >= 4 is 44.3 Å². The van der Waals surface area contributed by atoms with Crippen molar-refractivity contribution in [3.8, 4) is 0 Å². The van der Waals surface area contributed by atoms with Crippen molar-refractivity contribution in [2.24, 2.45) is 0 Å². The van der Waals surface area contributed by atoms with Crippen LogP contribution >= 0.6 is 23.1 Å². The van der Waals surface area contributed by atoms with Gasteiger partial charge in [0.05, 0.1) is 39.7 Å². The Kier molecular flexibility index (Phi) is 3.96. The number of para-hydroxylation sites is 1. The molecule has 0 N–H and O–H groups in total. The van der Waals surface area contributed by atoms with Gasteiger partial charge in [-0.15, -0.1) is 11.3 Å². The standard InChI is InChI=1S/C17H12F3N3S2/c1-24-16-22-15-10(3-2-4-14(15)25-16)8-23-9-21-12-7-11(17(18,19)20)5-6-13(12)23/h2-7,9H,8H2,1H3. The van der Waals surface area contributed by atoms with Crippen molar-refractivity contribution in [1.82, 2.24) is 14.5 Å². The van der Waals surface area contributed by atoms with Gasteiger partial charge in [-0.3, -0.25) is 0 Å². The van der Waals surface area contributed by atoms with E-state index in [2.05, 4.69) is 9.97 Å². The highest BCUT2D eigenvalue weighted by molar-refractivity contribution is 8.00. The van der Waals surface area contributed by atoms with Gasteiger partial charge in [-0.1, -0.05) is 23.9 Å². The molecular formula is C17H12F3N3S2. The number of thiazole rings is 1. The second-order valence-electron chi connectivity index (χ2n) is 5.52. The van der Waals surface area contributed by atoms with E-state index in [0.29, 0.717) is 17.6 Å². The predicted molar refractivity (Wildman–Crippen MR) is 95.2 cm³/mol. The van der Waals surface area contributed by atoms with Crippen molar-refractivity contribution in [2.45, 2.75) is 17.1 Å². The van der Waals surface area contributed by atoms with E-state index < -0.39 is 11.7 Å². The molecule has 0 saturated carbocycles. The van der Waals surface area contributed by atoms with Gasteiger partial charge in [-0.25, -0.2) is 9.97 Å². The Morgan fingerprint density at radius 2 is 2.04 bits per heavy atom. The van der Waals surface area contributed by atoms with Crippen LogP contribution in [0.3, 0.4) is 0 Å². The third kappa shape index (κ3) is 3.00. The normalized spacial score (nSPS) is 12.3. The fourth-order valence-electron chi connectivity index (χ4n) is 2.75. The fourth-order valence-corrected chi connectivity index (χ4v) is 4.28. The third-order valence-electron chi connectivity index (χ3n) is 3.95. The van der Waals surface area contributed by atoms with Crippen molar-refractivity contribution < 1.29 is 13.2 Å². The summed E-state index contributed by atoms with van der Waals surface area (Å²) in [6.45, 7) is 0.511. The molecule has 0 saturated heterocycles. The highest BCUT2D eigenvalue weighted by atomic mass is 32.2. The molecule has 0 bridgehead atoms. The van der Waals surface area contributed by atoms with Crippen LogP contribution in [0, 0.1) is 0 Å². The molecule has 0 atom stereocenters. The van der Waals surface area contributed by atoms with Crippen LogP contribution in [0.15, 0.2) is 47.1 Å². The third-order valence-corrected chi connectivity index (χ3v) is 5.95. The molecule has 128 valence electrons. The molecule has 4 rings (SSSR count). The van der Waals surface area contributed by atoms with Crippen LogP contribution in [0.2, 0.25) is 0 Å². The summed E-state index contributed by atoms with van der Waals surface area (Å²) in [6, 6.07) is 9.64. The highest BCUT2D eigenvalue weighted by Gasteiger charge is 2.30. The lowest BCUT2D eigenvalue weighted by molar-refractivity contribution is -0.137. The molecule has 8 heteroatoms. The summed E-state index contributed by atoms with van der Waals surface area (Å²) in [4.78, 5) is 8.77. The summed E-state index contributed by atoms with van der Waals surface area (Å²) in [6.07, 6.45) is -0.803. The second-order valence-corrected chi connectivity index (χ2v) is 7.61. The van der Waals surface area contributed by atoms with Gasteiger partial charge in [0.2, 0.25) is 0 Å². The first kappa shape index (κ1) is 16.4. The fraction of sp³-hybridized carbons (Fsp3) is 0.176. The van der Waals surface area contributed by atoms with Gasteiger partial charge in [0.25, 0.3) is 0 Å². The lowest BCUT2D eigenvalue weighted by Crippen LogP contribution is -2.04. The molecule has 4 aromatic rings. The zero-order valence-corrected chi connectivity index (χ0v) is 14.7. The van der Waals surface area contributed by atoms with Crippen LogP contribution in [0.1, 0.15) is 11.1 Å². The number of alkyl halides is 3. The molecule has 0 radical (unpaired) electrons. The van der Waals surface area contributed by atoms with Gasteiger partial charge in [0.15, 0.2) is 4.34 Å². The minimum absolute atomic E-state index is 0.338. The Balaban J connectivity index is 1.75. The van der Waals surface area contributed by atoms with E-state index in [4.69, 9.17) is 0 Å². The molecular weight excluding hydrogens is 367 g/mol. The molecule has 0 unspecified atom stereocenters. The number of thioether (sulfide) groups is 1. The van der Waals surface area contributed by atoms with Gasteiger partial charge in [0.1, 0.15) is 0 Å². The van der Waals surface area contributed by atoms with Crippen molar-refractivity contribution in [3.63, 3.8) is 0 Å². The number of benzene rings is 2. The van der Waals surface area contributed by atoms with Gasteiger partial charge in [0, 0.05) is 0 Å². The van der Waals surface area contributed by atoms with E-state index in [1.165, 1.54) is 6.07 Å². The molecule has 2 heterocycles. The summed E-state index contributed by atoms with van der Waals surface area (Å²) in [5.74, 6) is 0. The minimum Gasteiger partial charge on any atom is -0.326 e. The molecule has 0 amide bonds. The molecule has 0 aliphatic heterocycles. The lowest BCUT2D eigenvalue weighted by atomic mass is 10.1. The van der Waals surface area contributed by atoms with E-state index in [-0.39, 0.29) is 0 Å². The molecule has 3 nitrogen and oxygen atoms in total. The van der Waals surface area contributed by atoms with Crippen LogP contribution in [0.4, 0.5) is 13.2 Å². The van der Waals surface area contributed by atoms with Crippen molar-refractivity contribution in [3.05, 3.63) is 53.9 Å². The Labute approximate surface area is 149 Å². The molecule has 2 aromatic heterocycles. The van der Waals surface area contributed by atoms with Crippen LogP contribution in [0.5, 0.6) is 0 Å². The van der Waals surface area contributed by atoms with E-state index >= 15 is 0 Å². The lowest BCUT2D eigenvalue weighted by Gasteiger charge is -2.08. The molecule has 0 aliphatic rings. The monoisotopic (exact) mass is 379 g/mol. The van der Waals surface area contributed by atoms with E-state index in [1.807, 2.05) is 29.0 Å². The number of imidazole rings is 1. The van der Waals surface area contributed by atoms with Crippen LogP contribution < -0.4 is 0 Å². The van der Waals surface area contributed by atoms with Crippen LogP contribution in [-0.4, -0.2) is 20.8 Å². The number of fused-ring (bicyclic) bond motifs is 2. The summed E-state index contributed by atoms with van der Waals surface area (Å²) in [5.41, 5.74) is 2.28. The largest absolute Gasteiger partial charge is 0.416 e. The highest BCUT2D eigenvalue weighted by Crippen LogP contribution is 2.32. The minimum atomic E-state index is -4.36. The number of hydrogen-bond acceptors (Lipinski definition) is 4. The smallest absolute Gasteiger partial charge is 0.326 e. The number of hydrogen-bond donors (Lipinski definition) is 0. The Hall–Kier alpha value is -2.06. The maximum absolute atomic E-state index is 12.8.